The summed E-state index contributed by atoms with van der Waals surface area (Å²) >= 11 is 0. The normalized spacial score (nSPS) is 11.7. The molecular formula is C48H28N6. The van der Waals surface area contributed by atoms with Crippen molar-refractivity contribution in [2.75, 3.05) is 0 Å². The van der Waals surface area contributed by atoms with Gasteiger partial charge in [-0.05, 0) is 83.9 Å². The summed E-state index contributed by atoms with van der Waals surface area (Å²) in [6.45, 7) is 0. The number of hydrogen-bond acceptors (Lipinski definition) is 6. The molecule has 6 nitrogen and oxygen atoms in total. The summed E-state index contributed by atoms with van der Waals surface area (Å²) in [5.41, 5.74) is 13.6. The third-order valence-electron chi connectivity index (χ3n) is 10.3. The lowest BCUT2D eigenvalue weighted by Crippen LogP contribution is -1.91. The summed E-state index contributed by atoms with van der Waals surface area (Å²) in [5.74, 6) is 0. The summed E-state index contributed by atoms with van der Waals surface area (Å²) in [4.78, 5) is 29.2. The Hall–Kier alpha value is -7.44. The molecule has 0 fully saturated rings. The van der Waals surface area contributed by atoms with Crippen LogP contribution in [-0.4, -0.2) is 29.9 Å². The van der Waals surface area contributed by atoms with Gasteiger partial charge in [-0.25, -0.2) is 15.0 Å². The van der Waals surface area contributed by atoms with Crippen molar-refractivity contribution in [1.82, 2.24) is 29.9 Å². The van der Waals surface area contributed by atoms with Crippen LogP contribution in [0.3, 0.4) is 0 Å². The highest BCUT2D eigenvalue weighted by Gasteiger charge is 2.13. The Morgan fingerprint density at radius 1 is 0.296 bits per heavy atom. The Morgan fingerprint density at radius 2 is 0.833 bits per heavy atom. The molecule has 5 aromatic carbocycles. The van der Waals surface area contributed by atoms with Crippen LogP contribution in [0.5, 0.6) is 0 Å². The van der Waals surface area contributed by atoms with Gasteiger partial charge in [0.1, 0.15) is 0 Å². The molecule has 11 rings (SSSR count). The molecule has 0 N–H and O–H groups in total. The zero-order chi connectivity index (χ0) is 35.6. The molecule has 0 aliphatic heterocycles. The van der Waals surface area contributed by atoms with Gasteiger partial charge >= 0.3 is 0 Å². The summed E-state index contributed by atoms with van der Waals surface area (Å²) in [6.07, 6.45) is 5.46. The van der Waals surface area contributed by atoms with Gasteiger partial charge in [0.2, 0.25) is 0 Å². The molecular weight excluding hydrogens is 661 g/mol. The molecule has 0 amide bonds. The van der Waals surface area contributed by atoms with Crippen LogP contribution in [0.4, 0.5) is 0 Å². The zero-order valence-electron chi connectivity index (χ0n) is 28.8. The predicted molar refractivity (Wildman–Crippen MR) is 220 cm³/mol. The second-order valence-electron chi connectivity index (χ2n) is 13.6. The first-order valence-corrected chi connectivity index (χ1v) is 17.9. The van der Waals surface area contributed by atoms with Crippen LogP contribution in [0, 0.1) is 0 Å². The van der Waals surface area contributed by atoms with E-state index in [1.807, 2.05) is 36.8 Å². The van der Waals surface area contributed by atoms with Gasteiger partial charge in [-0.15, -0.1) is 0 Å². The van der Waals surface area contributed by atoms with E-state index in [0.717, 1.165) is 110 Å². The van der Waals surface area contributed by atoms with Gasteiger partial charge in [0.05, 0.1) is 50.2 Å². The Labute approximate surface area is 309 Å². The summed E-state index contributed by atoms with van der Waals surface area (Å²) < 4.78 is 0. The fourth-order valence-corrected chi connectivity index (χ4v) is 7.63. The topological polar surface area (TPSA) is 77.3 Å². The first kappa shape index (κ1) is 30.2. The van der Waals surface area contributed by atoms with Gasteiger partial charge in [-0.2, -0.15) is 0 Å². The minimum atomic E-state index is 0.888. The molecule has 0 saturated heterocycles. The zero-order valence-corrected chi connectivity index (χ0v) is 28.8. The maximum atomic E-state index is 5.11. The van der Waals surface area contributed by atoms with Gasteiger partial charge in [-0.3, -0.25) is 15.0 Å². The van der Waals surface area contributed by atoms with E-state index in [1.165, 1.54) is 0 Å². The van der Waals surface area contributed by atoms with Gasteiger partial charge in [-0.1, -0.05) is 78.9 Å². The standard InChI is InChI=1S/C48H28N6/c1-5-33(27-34(6-1)43-17-12-30-11-10-29-7-2-22-49-45(29)47(30)54-43)40-20-15-35-25-31(13-18-41(35)52-40)32-14-19-42-36(26-32)16-21-44(53-42)39-28-37-8-3-23-50-46(37)48-38(39)9-4-24-51-48/h1-28H. The molecule has 6 heterocycles. The lowest BCUT2D eigenvalue weighted by atomic mass is 9.98. The second kappa shape index (κ2) is 12.1. The number of rotatable bonds is 4. The number of hydrogen-bond donors (Lipinski definition) is 0. The van der Waals surface area contributed by atoms with Crippen LogP contribution in [-0.2, 0) is 0 Å². The van der Waals surface area contributed by atoms with Crippen molar-refractivity contribution in [2.24, 2.45) is 0 Å². The van der Waals surface area contributed by atoms with Gasteiger partial charge in [0.25, 0.3) is 0 Å². The van der Waals surface area contributed by atoms with E-state index in [1.54, 1.807) is 0 Å². The number of nitrogens with zero attached hydrogens (tertiary/aromatic N) is 6. The Balaban J connectivity index is 0.905. The van der Waals surface area contributed by atoms with Crippen LogP contribution in [0.15, 0.2) is 170 Å². The average molecular weight is 689 g/mol. The van der Waals surface area contributed by atoms with E-state index in [-0.39, 0.29) is 0 Å². The van der Waals surface area contributed by atoms with Crippen molar-refractivity contribution in [3.63, 3.8) is 0 Å². The van der Waals surface area contributed by atoms with Crippen molar-refractivity contribution in [2.45, 2.75) is 0 Å². The van der Waals surface area contributed by atoms with Crippen molar-refractivity contribution in [3.8, 4) is 44.9 Å². The number of benzene rings is 5. The second-order valence-corrected chi connectivity index (χ2v) is 13.6. The fourth-order valence-electron chi connectivity index (χ4n) is 7.63. The quantitative estimate of drug-likeness (QED) is 0.171. The highest BCUT2D eigenvalue weighted by Crippen LogP contribution is 2.35. The Bertz CT molecular complexity index is 3300. The van der Waals surface area contributed by atoms with Crippen LogP contribution >= 0.6 is 0 Å². The molecule has 54 heavy (non-hydrogen) atoms. The fraction of sp³-hybridized carbons (Fsp3) is 0. The van der Waals surface area contributed by atoms with Crippen molar-refractivity contribution in [3.05, 3.63) is 170 Å². The van der Waals surface area contributed by atoms with E-state index < -0.39 is 0 Å². The molecule has 0 saturated carbocycles. The maximum Gasteiger partial charge on any atom is 0.0972 e. The minimum absolute atomic E-state index is 0.888. The first-order valence-electron chi connectivity index (χ1n) is 17.9. The predicted octanol–water partition coefficient (Wildman–Crippen LogP) is 11.6. The molecule has 6 aromatic heterocycles. The van der Waals surface area contributed by atoms with E-state index >= 15 is 0 Å². The molecule has 0 bridgehead atoms. The molecule has 6 heteroatoms. The van der Waals surface area contributed by atoms with Crippen LogP contribution in [0.2, 0.25) is 0 Å². The van der Waals surface area contributed by atoms with Crippen LogP contribution < -0.4 is 0 Å². The molecule has 0 radical (unpaired) electrons. The SMILES string of the molecule is c1cc(-c2ccc3cc(-c4ccc5nc(-c6cc7cccnc7c7ncccc67)ccc5c4)ccc3n2)cc(-c2ccc3ccc4cccnc4c3n2)c1. The van der Waals surface area contributed by atoms with Crippen molar-refractivity contribution in [1.29, 1.82) is 0 Å². The highest BCUT2D eigenvalue weighted by molar-refractivity contribution is 6.10. The third-order valence-corrected chi connectivity index (χ3v) is 10.3. The molecule has 0 atom stereocenters. The summed E-state index contributed by atoms with van der Waals surface area (Å²) in [5, 5.41) is 6.42. The molecule has 250 valence electrons. The van der Waals surface area contributed by atoms with Crippen LogP contribution in [0.1, 0.15) is 0 Å². The Morgan fingerprint density at radius 3 is 1.56 bits per heavy atom. The lowest BCUT2D eigenvalue weighted by molar-refractivity contribution is 1.36. The number of fused-ring (bicyclic) bond motifs is 8. The Kier molecular flexibility index (Phi) is 6.75. The molecule has 0 aliphatic carbocycles. The number of aromatic nitrogens is 6. The van der Waals surface area contributed by atoms with Gasteiger partial charge in [0.15, 0.2) is 0 Å². The monoisotopic (exact) mass is 688 g/mol. The minimum Gasteiger partial charge on any atom is -0.254 e. The van der Waals surface area contributed by atoms with Gasteiger partial charge < -0.3 is 0 Å². The largest absolute Gasteiger partial charge is 0.254 e. The van der Waals surface area contributed by atoms with E-state index in [9.17, 15) is 0 Å². The highest BCUT2D eigenvalue weighted by atomic mass is 14.8. The first-order chi connectivity index (χ1) is 26.7. The van der Waals surface area contributed by atoms with E-state index in [0.29, 0.717) is 0 Å². The van der Waals surface area contributed by atoms with E-state index in [2.05, 4.69) is 148 Å². The van der Waals surface area contributed by atoms with E-state index in [4.69, 9.17) is 15.0 Å². The number of pyridine rings is 6. The maximum absolute atomic E-state index is 5.11. The smallest absolute Gasteiger partial charge is 0.0972 e. The molecule has 0 spiro atoms. The van der Waals surface area contributed by atoms with Crippen molar-refractivity contribution >= 4 is 65.4 Å². The third kappa shape index (κ3) is 5.04. The van der Waals surface area contributed by atoms with Gasteiger partial charge in [0, 0.05) is 67.6 Å². The molecule has 0 aliphatic rings. The van der Waals surface area contributed by atoms with Crippen LogP contribution in [0.25, 0.3) is 110 Å². The summed E-state index contributed by atoms with van der Waals surface area (Å²) in [6, 6.07) is 52.6. The van der Waals surface area contributed by atoms with Crippen molar-refractivity contribution < 1.29 is 0 Å². The average Bonchev–Trinajstić information content (AvgIpc) is 3.25. The molecule has 11 aromatic rings. The molecule has 0 unspecified atom stereocenters. The summed E-state index contributed by atoms with van der Waals surface area (Å²) in [7, 11) is 0. The lowest BCUT2D eigenvalue weighted by Gasteiger charge is -2.11.